The molecule has 0 spiro atoms. The van der Waals surface area contributed by atoms with Crippen molar-refractivity contribution in [2.75, 3.05) is 13.2 Å². The second-order valence-electron chi connectivity index (χ2n) is 8.38. The summed E-state index contributed by atoms with van der Waals surface area (Å²) in [6.07, 6.45) is 19.3. The fourth-order valence-electron chi connectivity index (χ4n) is 3.90. The first-order valence-electron chi connectivity index (χ1n) is 11.6. The van der Waals surface area contributed by atoms with Crippen LogP contribution in [0.2, 0.25) is 0 Å². The highest BCUT2D eigenvalue weighted by molar-refractivity contribution is 5.87. The molecule has 0 aromatic heterocycles. The van der Waals surface area contributed by atoms with Gasteiger partial charge in [0.1, 0.15) is 6.10 Å². The van der Waals surface area contributed by atoms with Gasteiger partial charge in [-0.1, -0.05) is 90.6 Å². The summed E-state index contributed by atoms with van der Waals surface area (Å²) in [5.41, 5.74) is 0.477. The quantitative estimate of drug-likeness (QED) is 0.164. The Balaban J connectivity index is 2.09. The Hall–Kier alpha value is -0.830. The molecule has 0 aromatic carbocycles. The first-order chi connectivity index (χ1) is 13.1. The molecule has 3 heteroatoms. The van der Waals surface area contributed by atoms with Crippen molar-refractivity contribution >= 4 is 5.97 Å². The zero-order chi connectivity index (χ0) is 19.7. The zero-order valence-electron chi connectivity index (χ0n) is 18.1. The van der Waals surface area contributed by atoms with Gasteiger partial charge in [0.15, 0.2) is 0 Å². The molecule has 0 heterocycles. The van der Waals surface area contributed by atoms with Gasteiger partial charge < -0.3 is 9.47 Å². The lowest BCUT2D eigenvalue weighted by Crippen LogP contribution is -2.33. The highest BCUT2D eigenvalue weighted by Gasteiger charge is 2.27. The Morgan fingerprint density at radius 3 is 2.04 bits per heavy atom. The van der Waals surface area contributed by atoms with Crippen molar-refractivity contribution in [2.24, 2.45) is 5.92 Å². The second kappa shape index (κ2) is 16.2. The summed E-state index contributed by atoms with van der Waals surface area (Å²) < 4.78 is 11.6. The molecule has 27 heavy (non-hydrogen) atoms. The maximum absolute atomic E-state index is 11.9. The van der Waals surface area contributed by atoms with Crippen molar-refractivity contribution in [3.05, 3.63) is 12.2 Å². The molecule has 0 N–H and O–H groups in total. The number of hydrogen-bond acceptors (Lipinski definition) is 3. The Bertz CT molecular complexity index is 385. The molecule has 1 saturated carbocycles. The average molecular weight is 381 g/mol. The van der Waals surface area contributed by atoms with Gasteiger partial charge in [0.2, 0.25) is 0 Å². The van der Waals surface area contributed by atoms with Crippen LogP contribution < -0.4 is 0 Å². The molecule has 0 aliphatic heterocycles. The molecule has 1 aliphatic rings. The van der Waals surface area contributed by atoms with Crippen molar-refractivity contribution in [3.63, 3.8) is 0 Å². The third-order valence-corrected chi connectivity index (χ3v) is 5.71. The number of hydrogen-bond donors (Lipinski definition) is 0. The maximum atomic E-state index is 11.9. The van der Waals surface area contributed by atoms with Crippen molar-refractivity contribution in [1.82, 2.24) is 0 Å². The fourth-order valence-corrected chi connectivity index (χ4v) is 3.90. The lowest BCUT2D eigenvalue weighted by Gasteiger charge is -2.30. The van der Waals surface area contributed by atoms with Gasteiger partial charge in [0, 0.05) is 12.2 Å². The van der Waals surface area contributed by atoms with Gasteiger partial charge in [-0.2, -0.15) is 0 Å². The van der Waals surface area contributed by atoms with Gasteiger partial charge >= 0.3 is 5.97 Å². The van der Waals surface area contributed by atoms with E-state index in [0.29, 0.717) is 18.1 Å². The van der Waals surface area contributed by atoms with Gasteiger partial charge in [-0.25, -0.2) is 4.79 Å². The van der Waals surface area contributed by atoms with Crippen LogP contribution in [0, 0.1) is 5.92 Å². The van der Waals surface area contributed by atoms with Gasteiger partial charge in [-0.15, -0.1) is 0 Å². The molecule has 3 nitrogen and oxygen atoms in total. The van der Waals surface area contributed by atoms with E-state index in [1.54, 1.807) is 6.92 Å². The summed E-state index contributed by atoms with van der Waals surface area (Å²) in [7, 11) is 0. The Morgan fingerprint density at radius 2 is 1.48 bits per heavy atom. The molecule has 158 valence electrons. The summed E-state index contributed by atoms with van der Waals surface area (Å²) in [5.74, 6) is 0.183. The molecule has 0 aromatic rings. The largest absolute Gasteiger partial charge is 0.456 e. The van der Waals surface area contributed by atoms with Crippen molar-refractivity contribution in [2.45, 2.75) is 116 Å². The van der Waals surface area contributed by atoms with E-state index in [-0.39, 0.29) is 12.1 Å². The van der Waals surface area contributed by atoms with E-state index in [1.807, 2.05) is 0 Å². The van der Waals surface area contributed by atoms with Crippen molar-refractivity contribution in [1.29, 1.82) is 0 Å². The lowest BCUT2D eigenvalue weighted by atomic mass is 9.85. The van der Waals surface area contributed by atoms with Crippen LogP contribution >= 0.6 is 0 Å². The molecular weight excluding hydrogens is 336 g/mol. The maximum Gasteiger partial charge on any atom is 0.333 e. The number of unbranched alkanes of at least 4 members (excludes halogenated alkanes) is 9. The molecule has 1 fully saturated rings. The van der Waals surface area contributed by atoms with E-state index in [4.69, 9.17) is 9.47 Å². The van der Waals surface area contributed by atoms with E-state index >= 15 is 0 Å². The van der Waals surface area contributed by atoms with Crippen molar-refractivity contribution < 1.29 is 14.3 Å². The summed E-state index contributed by atoms with van der Waals surface area (Å²) in [5, 5.41) is 0. The van der Waals surface area contributed by atoms with E-state index < -0.39 is 0 Å². The minimum absolute atomic E-state index is 0.0994. The van der Waals surface area contributed by atoms with E-state index in [2.05, 4.69) is 13.5 Å². The molecule has 0 radical (unpaired) electrons. The summed E-state index contributed by atoms with van der Waals surface area (Å²) >= 11 is 0. The SMILES string of the molecule is C=C(C)C(=O)OC(COCCCCCCCCCCCC)C1CCCCC1. The molecule has 0 bridgehead atoms. The highest BCUT2D eigenvalue weighted by Crippen LogP contribution is 2.28. The molecule has 1 atom stereocenters. The van der Waals surface area contributed by atoms with Crippen LogP contribution in [0.4, 0.5) is 0 Å². The van der Waals surface area contributed by atoms with Crippen LogP contribution in [0.25, 0.3) is 0 Å². The normalized spacial score (nSPS) is 16.2. The zero-order valence-corrected chi connectivity index (χ0v) is 18.1. The van der Waals surface area contributed by atoms with Crippen LogP contribution in [0.1, 0.15) is 110 Å². The van der Waals surface area contributed by atoms with E-state index in [9.17, 15) is 4.79 Å². The average Bonchev–Trinajstić information content (AvgIpc) is 2.68. The Labute approximate surface area is 168 Å². The van der Waals surface area contributed by atoms with Crippen molar-refractivity contribution in [3.8, 4) is 0 Å². The molecule has 1 unspecified atom stereocenters. The van der Waals surface area contributed by atoms with Gasteiger partial charge in [-0.05, 0) is 32.1 Å². The number of esters is 1. The van der Waals surface area contributed by atoms with Crippen LogP contribution in [-0.4, -0.2) is 25.3 Å². The standard InChI is InChI=1S/C24H44O3/c1-4-5-6-7-8-9-10-11-12-16-19-26-20-23(27-24(25)21(2)3)22-17-14-13-15-18-22/h22-23H,2,4-20H2,1,3H3. The minimum Gasteiger partial charge on any atom is -0.456 e. The second-order valence-corrected chi connectivity index (χ2v) is 8.38. The van der Waals surface area contributed by atoms with Crippen LogP contribution in [0.15, 0.2) is 12.2 Å². The topological polar surface area (TPSA) is 35.5 Å². The van der Waals surface area contributed by atoms with Gasteiger partial charge in [0.05, 0.1) is 6.61 Å². The molecule has 0 saturated heterocycles. The lowest BCUT2D eigenvalue weighted by molar-refractivity contribution is -0.151. The van der Waals surface area contributed by atoms with Gasteiger partial charge in [0.25, 0.3) is 0 Å². The number of ether oxygens (including phenoxy) is 2. The molecule has 1 aliphatic carbocycles. The number of carbonyl (C=O) groups excluding carboxylic acids is 1. The third kappa shape index (κ3) is 12.3. The highest BCUT2D eigenvalue weighted by atomic mass is 16.6. The Morgan fingerprint density at radius 1 is 0.926 bits per heavy atom. The smallest absolute Gasteiger partial charge is 0.333 e. The summed E-state index contributed by atoms with van der Waals surface area (Å²) in [4.78, 5) is 11.9. The number of rotatable bonds is 16. The monoisotopic (exact) mass is 380 g/mol. The summed E-state index contributed by atoms with van der Waals surface area (Å²) in [6.45, 7) is 9.01. The first-order valence-corrected chi connectivity index (χ1v) is 11.6. The van der Waals surface area contributed by atoms with Crippen LogP contribution in [-0.2, 0) is 14.3 Å². The predicted octanol–water partition coefficient (Wildman–Crippen LogP) is 6.99. The molecule has 1 rings (SSSR count). The van der Waals surface area contributed by atoms with E-state index in [1.165, 1.54) is 77.0 Å². The number of carbonyl (C=O) groups is 1. The van der Waals surface area contributed by atoms with Crippen LogP contribution in [0.5, 0.6) is 0 Å². The predicted molar refractivity (Wildman–Crippen MR) is 114 cm³/mol. The third-order valence-electron chi connectivity index (χ3n) is 5.71. The Kier molecular flexibility index (Phi) is 14.5. The fraction of sp³-hybridized carbons (Fsp3) is 0.875. The first kappa shape index (κ1) is 24.2. The van der Waals surface area contributed by atoms with Gasteiger partial charge in [-0.3, -0.25) is 0 Å². The molecular formula is C24H44O3. The minimum atomic E-state index is -0.270. The summed E-state index contributed by atoms with van der Waals surface area (Å²) in [6, 6.07) is 0. The van der Waals surface area contributed by atoms with Crippen LogP contribution in [0.3, 0.4) is 0 Å². The van der Waals surface area contributed by atoms with E-state index in [0.717, 1.165) is 25.9 Å². The molecule has 0 amide bonds.